The fraction of sp³-hybridized carbons (Fsp3) is 0.364. The van der Waals surface area contributed by atoms with E-state index in [0.717, 1.165) is 12.0 Å². The minimum atomic E-state index is -3.80. The number of hydrogen-bond acceptors (Lipinski definition) is 5. The highest BCUT2D eigenvalue weighted by atomic mass is 32.2. The summed E-state index contributed by atoms with van der Waals surface area (Å²) in [4.78, 5) is 9.19. The second kappa shape index (κ2) is 8.37. The summed E-state index contributed by atoms with van der Waals surface area (Å²) in [7, 11) is -3.80. The lowest BCUT2D eigenvalue weighted by molar-refractivity contribution is 0.271. The zero-order valence-electron chi connectivity index (χ0n) is 16.5. The Kier molecular flexibility index (Phi) is 5.67. The molecule has 2 aromatic carbocycles. The van der Waals surface area contributed by atoms with Crippen LogP contribution < -0.4 is 9.46 Å². The van der Waals surface area contributed by atoms with Crippen molar-refractivity contribution in [2.45, 2.75) is 43.9 Å². The van der Waals surface area contributed by atoms with Gasteiger partial charge < -0.3 is 4.74 Å². The second-order valence-electron chi connectivity index (χ2n) is 7.58. The number of aromatic nitrogens is 2. The molecule has 4 rings (SSSR count). The molecule has 152 valence electrons. The Bertz CT molecular complexity index is 1110. The summed E-state index contributed by atoms with van der Waals surface area (Å²) in [6.07, 6.45) is 5.97. The normalized spacial score (nSPS) is 14.9. The molecule has 1 aliphatic rings. The maximum absolute atomic E-state index is 12.9. The highest BCUT2D eigenvalue weighted by molar-refractivity contribution is 7.92. The van der Waals surface area contributed by atoms with Crippen molar-refractivity contribution < 1.29 is 13.2 Å². The number of aryl methyl sites for hydroxylation is 1. The van der Waals surface area contributed by atoms with Gasteiger partial charge in [-0.1, -0.05) is 49.9 Å². The molecule has 0 aliphatic heterocycles. The fourth-order valence-electron chi connectivity index (χ4n) is 3.74. The summed E-state index contributed by atoms with van der Waals surface area (Å²) in [5.74, 6) is 1.02. The predicted octanol–water partition coefficient (Wildman–Crippen LogP) is 4.70. The van der Waals surface area contributed by atoms with Crippen molar-refractivity contribution in [2.24, 2.45) is 5.92 Å². The van der Waals surface area contributed by atoms with E-state index in [1.165, 1.54) is 25.7 Å². The quantitative estimate of drug-likeness (QED) is 0.609. The standard InChI is InChI=1S/C22H25N3O3S/c1-16-7-6-10-18(15-16)29(26,27)25-21-22(28-14-13-17-8-2-3-9-17)24-20-12-5-4-11-19(20)23-21/h4-7,10-12,15,17H,2-3,8-9,13-14H2,1H3,(H,23,25). The Morgan fingerprint density at radius 3 is 2.48 bits per heavy atom. The van der Waals surface area contributed by atoms with E-state index in [0.29, 0.717) is 23.6 Å². The number of benzene rings is 2. The van der Waals surface area contributed by atoms with Crippen LogP contribution in [0.4, 0.5) is 5.82 Å². The molecular weight excluding hydrogens is 386 g/mol. The third-order valence-corrected chi connectivity index (χ3v) is 6.65. The molecule has 29 heavy (non-hydrogen) atoms. The van der Waals surface area contributed by atoms with E-state index in [9.17, 15) is 8.42 Å². The third-order valence-electron chi connectivity index (χ3n) is 5.31. The van der Waals surface area contributed by atoms with Crippen LogP contribution >= 0.6 is 0 Å². The Labute approximate surface area is 171 Å². The number of hydrogen-bond donors (Lipinski definition) is 1. The summed E-state index contributed by atoms with van der Waals surface area (Å²) >= 11 is 0. The zero-order chi connectivity index (χ0) is 20.3. The highest BCUT2D eigenvalue weighted by Crippen LogP contribution is 2.29. The Hall–Kier alpha value is -2.67. The molecule has 3 aromatic rings. The Morgan fingerprint density at radius 2 is 1.76 bits per heavy atom. The van der Waals surface area contributed by atoms with E-state index < -0.39 is 10.0 Å². The fourth-order valence-corrected chi connectivity index (χ4v) is 4.85. The summed E-state index contributed by atoms with van der Waals surface area (Å²) < 4.78 is 34.3. The van der Waals surface area contributed by atoms with Crippen molar-refractivity contribution >= 4 is 26.9 Å². The first-order chi connectivity index (χ1) is 14.0. The Balaban J connectivity index is 1.62. The van der Waals surface area contributed by atoms with E-state index in [-0.39, 0.29) is 16.6 Å². The molecule has 1 saturated carbocycles. The first-order valence-corrected chi connectivity index (χ1v) is 11.5. The summed E-state index contributed by atoms with van der Waals surface area (Å²) in [5, 5.41) is 0. The monoisotopic (exact) mass is 411 g/mol. The number of ether oxygens (including phenoxy) is 1. The van der Waals surface area contributed by atoms with Gasteiger partial charge in [0.1, 0.15) is 0 Å². The van der Waals surface area contributed by atoms with Crippen LogP contribution in [0.5, 0.6) is 5.88 Å². The Morgan fingerprint density at radius 1 is 1.03 bits per heavy atom. The number of sulfonamides is 1. The van der Waals surface area contributed by atoms with Crippen LogP contribution in [-0.4, -0.2) is 25.0 Å². The predicted molar refractivity (Wildman–Crippen MR) is 114 cm³/mol. The number of rotatable bonds is 7. The molecule has 0 saturated heterocycles. The molecule has 0 bridgehead atoms. The van der Waals surface area contributed by atoms with Gasteiger partial charge in [-0.15, -0.1) is 0 Å². The van der Waals surface area contributed by atoms with Gasteiger partial charge in [-0.2, -0.15) is 0 Å². The van der Waals surface area contributed by atoms with Gasteiger partial charge in [0.25, 0.3) is 15.9 Å². The maximum atomic E-state index is 12.9. The second-order valence-corrected chi connectivity index (χ2v) is 9.26. The van der Waals surface area contributed by atoms with Crippen molar-refractivity contribution in [1.29, 1.82) is 0 Å². The van der Waals surface area contributed by atoms with E-state index in [2.05, 4.69) is 14.7 Å². The van der Waals surface area contributed by atoms with Crippen molar-refractivity contribution in [3.63, 3.8) is 0 Å². The van der Waals surface area contributed by atoms with Gasteiger partial charge in [0.05, 0.1) is 22.5 Å². The van der Waals surface area contributed by atoms with Crippen molar-refractivity contribution in [2.75, 3.05) is 11.3 Å². The number of nitrogens with one attached hydrogen (secondary N) is 1. The lowest BCUT2D eigenvalue weighted by Crippen LogP contribution is -2.16. The number of nitrogens with zero attached hydrogens (tertiary/aromatic N) is 2. The molecule has 1 heterocycles. The average molecular weight is 412 g/mol. The maximum Gasteiger partial charge on any atom is 0.263 e. The molecule has 1 aromatic heterocycles. The zero-order valence-corrected chi connectivity index (χ0v) is 17.3. The molecule has 1 fully saturated rings. The molecule has 6 nitrogen and oxygen atoms in total. The summed E-state index contributed by atoms with van der Waals surface area (Å²) in [5.41, 5.74) is 2.14. The van der Waals surface area contributed by atoms with Crippen LogP contribution in [0, 0.1) is 12.8 Å². The molecule has 1 aliphatic carbocycles. The van der Waals surface area contributed by atoms with Crippen LogP contribution in [0.2, 0.25) is 0 Å². The van der Waals surface area contributed by atoms with Crippen molar-refractivity contribution in [1.82, 2.24) is 9.97 Å². The number of fused-ring (bicyclic) bond motifs is 1. The van der Waals surface area contributed by atoms with Gasteiger partial charge in [-0.3, -0.25) is 4.72 Å². The lowest BCUT2D eigenvalue weighted by atomic mass is 10.1. The van der Waals surface area contributed by atoms with Gasteiger partial charge in [0.15, 0.2) is 0 Å². The topological polar surface area (TPSA) is 81.2 Å². The molecule has 1 N–H and O–H groups in total. The van der Waals surface area contributed by atoms with Crippen LogP contribution in [-0.2, 0) is 10.0 Å². The van der Waals surface area contributed by atoms with E-state index in [1.54, 1.807) is 24.3 Å². The lowest BCUT2D eigenvalue weighted by Gasteiger charge is -2.14. The molecule has 0 atom stereocenters. The largest absolute Gasteiger partial charge is 0.475 e. The van der Waals surface area contributed by atoms with Gasteiger partial charge in [0.2, 0.25) is 5.82 Å². The van der Waals surface area contributed by atoms with Crippen LogP contribution in [0.3, 0.4) is 0 Å². The molecule has 0 spiro atoms. The van der Waals surface area contributed by atoms with Gasteiger partial charge in [-0.05, 0) is 49.1 Å². The van der Waals surface area contributed by atoms with Gasteiger partial charge in [-0.25, -0.2) is 18.4 Å². The van der Waals surface area contributed by atoms with Crippen LogP contribution in [0.25, 0.3) is 11.0 Å². The molecule has 7 heteroatoms. The highest BCUT2D eigenvalue weighted by Gasteiger charge is 2.21. The van der Waals surface area contributed by atoms with Gasteiger partial charge in [0, 0.05) is 0 Å². The van der Waals surface area contributed by atoms with E-state index in [1.807, 2.05) is 31.2 Å². The minimum Gasteiger partial charge on any atom is -0.475 e. The molecular formula is C22H25N3O3S. The first-order valence-electron chi connectivity index (χ1n) is 10.0. The minimum absolute atomic E-state index is 0.122. The first kappa shape index (κ1) is 19.6. The number of anilines is 1. The average Bonchev–Trinajstić information content (AvgIpc) is 3.21. The van der Waals surface area contributed by atoms with Crippen molar-refractivity contribution in [3.05, 3.63) is 54.1 Å². The number of para-hydroxylation sites is 2. The van der Waals surface area contributed by atoms with Crippen molar-refractivity contribution in [3.8, 4) is 5.88 Å². The SMILES string of the molecule is Cc1cccc(S(=O)(=O)Nc2nc3ccccc3nc2OCCC2CCCC2)c1. The molecule has 0 amide bonds. The van der Waals surface area contributed by atoms with E-state index >= 15 is 0 Å². The summed E-state index contributed by atoms with van der Waals surface area (Å²) in [6, 6.07) is 14.1. The third kappa shape index (κ3) is 4.67. The van der Waals surface area contributed by atoms with E-state index in [4.69, 9.17) is 4.74 Å². The summed E-state index contributed by atoms with van der Waals surface area (Å²) in [6.45, 7) is 2.35. The van der Waals surface area contributed by atoms with Gasteiger partial charge >= 0.3 is 0 Å². The van der Waals surface area contributed by atoms with Crippen LogP contribution in [0.15, 0.2) is 53.4 Å². The van der Waals surface area contributed by atoms with Crippen LogP contribution in [0.1, 0.15) is 37.7 Å². The molecule has 0 unspecified atom stereocenters. The smallest absolute Gasteiger partial charge is 0.263 e. The molecule has 0 radical (unpaired) electrons.